The Hall–Kier alpha value is -1.70. The number of benzene rings is 1. The van der Waals surface area contributed by atoms with Gasteiger partial charge in [0.1, 0.15) is 0 Å². The van der Waals surface area contributed by atoms with E-state index in [0.29, 0.717) is 0 Å². The van der Waals surface area contributed by atoms with Crippen molar-refractivity contribution in [2.45, 2.75) is 19.8 Å². The van der Waals surface area contributed by atoms with Crippen LogP contribution < -0.4 is 0 Å². The minimum atomic E-state index is 0.740. The van der Waals surface area contributed by atoms with Crippen molar-refractivity contribution < 1.29 is 4.79 Å². The zero-order valence-electron chi connectivity index (χ0n) is 8.73. The number of hydrogen-bond donors (Lipinski definition) is 0. The Labute approximate surface area is 89.0 Å². The number of nitrogens with zero attached hydrogens (tertiary/aromatic N) is 1. The summed E-state index contributed by atoms with van der Waals surface area (Å²) in [5.41, 5.74) is 2.65. The number of carbonyl (C=O) groups is 1. The minimum Gasteiger partial charge on any atom is -0.298 e. The summed E-state index contributed by atoms with van der Waals surface area (Å²) in [7, 11) is 0. The van der Waals surface area contributed by atoms with E-state index in [1.807, 2.05) is 30.3 Å². The third-order valence-electron chi connectivity index (χ3n) is 2.43. The van der Waals surface area contributed by atoms with Gasteiger partial charge in [-0.3, -0.25) is 9.78 Å². The molecule has 0 aliphatic carbocycles. The first kappa shape index (κ1) is 9.84. The van der Waals surface area contributed by atoms with Gasteiger partial charge in [0.05, 0.1) is 5.52 Å². The zero-order chi connectivity index (χ0) is 10.7. The summed E-state index contributed by atoms with van der Waals surface area (Å²) in [4.78, 5) is 15.5. The van der Waals surface area contributed by atoms with Crippen LogP contribution in [-0.4, -0.2) is 11.3 Å². The van der Waals surface area contributed by atoms with Gasteiger partial charge < -0.3 is 0 Å². The molecule has 0 saturated heterocycles. The summed E-state index contributed by atoms with van der Waals surface area (Å²) < 4.78 is 0. The molecule has 15 heavy (non-hydrogen) atoms. The van der Waals surface area contributed by atoms with E-state index in [2.05, 4.69) is 11.9 Å². The number of pyridine rings is 1. The van der Waals surface area contributed by atoms with Gasteiger partial charge in [-0.2, -0.15) is 0 Å². The van der Waals surface area contributed by atoms with E-state index in [-0.39, 0.29) is 0 Å². The number of aryl methyl sites for hydroxylation is 1. The number of hydrogen-bond acceptors (Lipinski definition) is 2. The molecular formula is C13H13NO. The molecule has 0 radical (unpaired) electrons. The highest BCUT2D eigenvalue weighted by Gasteiger charge is 2.03. The van der Waals surface area contributed by atoms with Crippen LogP contribution in [0.4, 0.5) is 0 Å². The number of aldehydes is 1. The first-order chi connectivity index (χ1) is 7.35. The maximum atomic E-state index is 10.9. The topological polar surface area (TPSA) is 30.0 Å². The van der Waals surface area contributed by atoms with E-state index in [1.165, 1.54) is 0 Å². The fourth-order valence-corrected chi connectivity index (χ4v) is 1.74. The second kappa shape index (κ2) is 4.22. The summed E-state index contributed by atoms with van der Waals surface area (Å²) >= 11 is 0. The van der Waals surface area contributed by atoms with Crippen LogP contribution in [0, 0.1) is 0 Å². The lowest BCUT2D eigenvalue weighted by atomic mass is 10.1. The molecule has 0 N–H and O–H groups in total. The first-order valence-electron chi connectivity index (χ1n) is 5.19. The van der Waals surface area contributed by atoms with Crippen LogP contribution in [0.1, 0.15) is 29.4 Å². The highest BCUT2D eigenvalue weighted by atomic mass is 16.1. The zero-order valence-corrected chi connectivity index (χ0v) is 8.73. The molecule has 1 heterocycles. The van der Waals surface area contributed by atoms with Gasteiger partial charge in [0.15, 0.2) is 6.29 Å². The third kappa shape index (κ3) is 1.89. The largest absolute Gasteiger partial charge is 0.298 e. The van der Waals surface area contributed by atoms with Gasteiger partial charge in [-0.25, -0.2) is 0 Å². The molecule has 0 unspecified atom stereocenters. The lowest BCUT2D eigenvalue weighted by Gasteiger charge is -2.04. The van der Waals surface area contributed by atoms with E-state index < -0.39 is 0 Å². The SMILES string of the molecule is CCCc1cc(C=O)c2ccccc2n1. The number of carbonyl (C=O) groups excluding carboxylic acids is 1. The van der Waals surface area contributed by atoms with E-state index in [4.69, 9.17) is 0 Å². The Morgan fingerprint density at radius 3 is 2.87 bits per heavy atom. The monoisotopic (exact) mass is 199 g/mol. The molecule has 76 valence electrons. The van der Waals surface area contributed by atoms with Crippen LogP contribution in [0.15, 0.2) is 30.3 Å². The average molecular weight is 199 g/mol. The summed E-state index contributed by atoms with van der Waals surface area (Å²) in [5.74, 6) is 0. The van der Waals surface area contributed by atoms with Gasteiger partial charge in [0.2, 0.25) is 0 Å². The molecular weight excluding hydrogens is 186 g/mol. The van der Waals surface area contributed by atoms with Crippen molar-refractivity contribution in [1.29, 1.82) is 0 Å². The lowest BCUT2D eigenvalue weighted by molar-refractivity contribution is 0.112. The Bertz CT molecular complexity index is 491. The van der Waals surface area contributed by atoms with E-state index >= 15 is 0 Å². The van der Waals surface area contributed by atoms with E-state index in [1.54, 1.807) is 0 Å². The van der Waals surface area contributed by atoms with Gasteiger partial charge in [-0.15, -0.1) is 0 Å². The lowest BCUT2D eigenvalue weighted by Crippen LogP contribution is -1.94. The predicted molar refractivity (Wildman–Crippen MR) is 61.1 cm³/mol. The molecule has 2 aromatic rings. The summed E-state index contributed by atoms with van der Waals surface area (Å²) in [6.45, 7) is 2.11. The van der Waals surface area contributed by atoms with Crippen molar-refractivity contribution in [2.75, 3.05) is 0 Å². The standard InChI is InChI=1S/C13H13NO/c1-2-5-11-8-10(9-15)12-6-3-4-7-13(12)14-11/h3-4,6-9H,2,5H2,1H3. The molecule has 0 bridgehead atoms. The summed E-state index contributed by atoms with van der Waals surface area (Å²) in [6, 6.07) is 9.64. The van der Waals surface area contributed by atoms with Crippen LogP contribution in [0.3, 0.4) is 0 Å². The van der Waals surface area contributed by atoms with Crippen molar-refractivity contribution in [3.05, 3.63) is 41.6 Å². The molecule has 1 aromatic heterocycles. The summed E-state index contributed by atoms with van der Waals surface area (Å²) in [5, 5.41) is 0.937. The van der Waals surface area contributed by atoms with Crippen LogP contribution in [-0.2, 0) is 6.42 Å². The number of rotatable bonds is 3. The van der Waals surface area contributed by atoms with Gasteiger partial charge in [0.25, 0.3) is 0 Å². The molecule has 0 aliphatic rings. The predicted octanol–water partition coefficient (Wildman–Crippen LogP) is 3.00. The quantitative estimate of drug-likeness (QED) is 0.711. The maximum Gasteiger partial charge on any atom is 0.150 e. The van der Waals surface area contributed by atoms with Crippen molar-refractivity contribution in [3.8, 4) is 0 Å². The second-order valence-electron chi connectivity index (χ2n) is 3.59. The van der Waals surface area contributed by atoms with Crippen LogP contribution >= 0.6 is 0 Å². The van der Waals surface area contributed by atoms with Gasteiger partial charge >= 0.3 is 0 Å². The highest BCUT2D eigenvalue weighted by molar-refractivity contribution is 5.96. The van der Waals surface area contributed by atoms with E-state index in [0.717, 1.165) is 41.3 Å². The maximum absolute atomic E-state index is 10.9. The van der Waals surface area contributed by atoms with Gasteiger partial charge in [0, 0.05) is 16.6 Å². The minimum absolute atomic E-state index is 0.740. The Kier molecular flexibility index (Phi) is 2.77. The third-order valence-corrected chi connectivity index (χ3v) is 2.43. The fourth-order valence-electron chi connectivity index (χ4n) is 1.74. The van der Waals surface area contributed by atoms with Crippen molar-refractivity contribution in [2.24, 2.45) is 0 Å². The normalized spacial score (nSPS) is 10.5. The number of aromatic nitrogens is 1. The molecule has 0 saturated carbocycles. The molecule has 2 rings (SSSR count). The summed E-state index contributed by atoms with van der Waals surface area (Å²) in [6.07, 6.45) is 2.87. The van der Waals surface area contributed by atoms with Gasteiger partial charge in [-0.1, -0.05) is 31.5 Å². The van der Waals surface area contributed by atoms with Crippen LogP contribution in [0.2, 0.25) is 0 Å². The molecule has 1 aromatic carbocycles. The van der Waals surface area contributed by atoms with Crippen LogP contribution in [0.25, 0.3) is 10.9 Å². The molecule has 0 fully saturated rings. The van der Waals surface area contributed by atoms with Crippen LogP contribution in [0.5, 0.6) is 0 Å². The van der Waals surface area contributed by atoms with Gasteiger partial charge in [-0.05, 0) is 18.6 Å². The van der Waals surface area contributed by atoms with Crippen molar-refractivity contribution in [3.63, 3.8) is 0 Å². The smallest absolute Gasteiger partial charge is 0.150 e. The average Bonchev–Trinajstić information content (AvgIpc) is 2.28. The first-order valence-corrected chi connectivity index (χ1v) is 5.19. The molecule has 0 atom stereocenters. The molecule has 2 heteroatoms. The Morgan fingerprint density at radius 1 is 1.33 bits per heavy atom. The highest BCUT2D eigenvalue weighted by Crippen LogP contribution is 2.17. The van der Waals surface area contributed by atoms with E-state index in [9.17, 15) is 4.79 Å². The molecule has 0 aliphatic heterocycles. The molecule has 2 nitrogen and oxygen atoms in total. The molecule has 0 amide bonds. The number of fused-ring (bicyclic) bond motifs is 1. The van der Waals surface area contributed by atoms with Crippen molar-refractivity contribution in [1.82, 2.24) is 4.98 Å². The molecule has 0 spiro atoms. The second-order valence-corrected chi connectivity index (χ2v) is 3.59. The number of para-hydroxylation sites is 1. The Morgan fingerprint density at radius 2 is 2.13 bits per heavy atom. The Balaban J connectivity index is 2.65. The fraction of sp³-hybridized carbons (Fsp3) is 0.231. The van der Waals surface area contributed by atoms with Crippen molar-refractivity contribution >= 4 is 17.2 Å².